The van der Waals surface area contributed by atoms with E-state index in [2.05, 4.69) is 20.0 Å². The Bertz CT molecular complexity index is 868. The number of ketones is 1. The van der Waals surface area contributed by atoms with Crippen molar-refractivity contribution in [2.24, 2.45) is 5.92 Å². The van der Waals surface area contributed by atoms with Crippen molar-refractivity contribution in [2.75, 3.05) is 6.61 Å². The van der Waals surface area contributed by atoms with E-state index in [4.69, 9.17) is 0 Å². The molecule has 0 aliphatic carbocycles. The highest BCUT2D eigenvalue weighted by molar-refractivity contribution is 5.94. The van der Waals surface area contributed by atoms with Crippen molar-refractivity contribution >= 4 is 11.7 Å². The van der Waals surface area contributed by atoms with Gasteiger partial charge < -0.3 is 10.1 Å². The Kier molecular flexibility index (Phi) is 7.91. The lowest BCUT2D eigenvalue weighted by Gasteiger charge is -2.15. The summed E-state index contributed by atoms with van der Waals surface area (Å²) < 4.78 is 41.1. The smallest absolute Gasteiger partial charge is 0.422 e. The number of ether oxygens (including phenoxy) is 1. The predicted octanol–water partition coefficient (Wildman–Crippen LogP) is 4.07. The second-order valence-electron chi connectivity index (χ2n) is 7.38. The minimum atomic E-state index is -4.44. The zero-order chi connectivity index (χ0) is 22.3. The molecular weight excluding hydrogens is 399 g/mol. The van der Waals surface area contributed by atoms with Gasteiger partial charge in [0.15, 0.2) is 6.61 Å². The average molecular weight is 423 g/mol. The van der Waals surface area contributed by atoms with Gasteiger partial charge in [0.05, 0.1) is 6.04 Å². The number of nitrogens with one attached hydrogen (secondary N) is 1. The first-order valence-corrected chi connectivity index (χ1v) is 9.46. The summed E-state index contributed by atoms with van der Waals surface area (Å²) in [6.45, 7) is 4.22. The molecule has 2 aromatic heterocycles. The molecule has 2 rings (SSSR count). The predicted molar refractivity (Wildman–Crippen MR) is 104 cm³/mol. The molecule has 1 atom stereocenters. The van der Waals surface area contributed by atoms with Crippen LogP contribution in [0.1, 0.15) is 54.8 Å². The zero-order valence-corrected chi connectivity index (χ0v) is 17.0. The Morgan fingerprint density at radius 3 is 2.47 bits per heavy atom. The lowest BCUT2D eigenvalue weighted by atomic mass is 10.0. The molecule has 0 aromatic carbocycles. The molecule has 9 heteroatoms. The van der Waals surface area contributed by atoms with Crippen molar-refractivity contribution in [3.63, 3.8) is 0 Å². The van der Waals surface area contributed by atoms with Crippen LogP contribution in [0.15, 0.2) is 36.7 Å². The molecule has 0 fully saturated rings. The summed E-state index contributed by atoms with van der Waals surface area (Å²) in [6.07, 6.45) is -1.00. The first kappa shape index (κ1) is 23.3. The molecule has 2 heterocycles. The topological polar surface area (TPSA) is 81.2 Å². The van der Waals surface area contributed by atoms with Crippen LogP contribution >= 0.6 is 0 Å². The molecule has 30 heavy (non-hydrogen) atoms. The first-order valence-electron chi connectivity index (χ1n) is 9.46. The highest BCUT2D eigenvalue weighted by Crippen LogP contribution is 2.19. The van der Waals surface area contributed by atoms with Gasteiger partial charge in [0.25, 0.3) is 5.91 Å². The number of Topliss-reactive ketones (excluding diaryl/α,β-unsaturated/α-hetero) is 1. The number of hydrogen-bond donors (Lipinski definition) is 1. The lowest BCUT2D eigenvalue weighted by Crippen LogP contribution is -2.27. The summed E-state index contributed by atoms with van der Waals surface area (Å²) in [7, 11) is 0. The van der Waals surface area contributed by atoms with E-state index < -0.39 is 18.8 Å². The molecule has 0 bridgehead atoms. The zero-order valence-electron chi connectivity index (χ0n) is 17.0. The molecule has 162 valence electrons. The molecule has 1 N–H and O–H groups in total. The van der Waals surface area contributed by atoms with Crippen LogP contribution in [0.25, 0.3) is 0 Å². The molecule has 0 aliphatic rings. The highest BCUT2D eigenvalue weighted by Gasteiger charge is 2.28. The molecule has 2 aromatic rings. The standard InChI is InChI=1S/C21H24F3N3O3/c1-13(2)8-18(28)10-17-9-15(6-7-25-17)20(29)27-14(3)16-4-5-19(26-11-16)30-12-21(22,23)24/h4-7,9,11,13-14H,8,10,12H2,1-3H3,(H,27,29). The molecule has 0 radical (unpaired) electrons. The monoisotopic (exact) mass is 423 g/mol. The fraction of sp³-hybridized carbons (Fsp3) is 0.429. The van der Waals surface area contributed by atoms with Crippen LogP contribution in [0.5, 0.6) is 5.88 Å². The van der Waals surface area contributed by atoms with E-state index in [-0.39, 0.29) is 29.9 Å². The summed E-state index contributed by atoms with van der Waals surface area (Å²) in [5.74, 6) is -0.203. The number of amides is 1. The minimum Gasteiger partial charge on any atom is -0.468 e. The third-order valence-corrected chi connectivity index (χ3v) is 4.08. The number of aromatic nitrogens is 2. The third-order valence-electron chi connectivity index (χ3n) is 4.08. The molecule has 0 aliphatic heterocycles. The molecule has 0 saturated heterocycles. The summed E-state index contributed by atoms with van der Waals surface area (Å²) in [6, 6.07) is 5.53. The maximum Gasteiger partial charge on any atom is 0.422 e. The first-order chi connectivity index (χ1) is 14.0. The summed E-state index contributed by atoms with van der Waals surface area (Å²) in [5.41, 5.74) is 1.49. The number of pyridine rings is 2. The van der Waals surface area contributed by atoms with Crippen molar-refractivity contribution in [3.05, 3.63) is 53.5 Å². The van der Waals surface area contributed by atoms with Gasteiger partial charge in [-0.2, -0.15) is 13.2 Å². The van der Waals surface area contributed by atoms with E-state index in [1.807, 2.05) is 13.8 Å². The number of carbonyl (C=O) groups is 2. The van der Waals surface area contributed by atoms with Gasteiger partial charge in [0.2, 0.25) is 5.88 Å². The Balaban J connectivity index is 1.97. The minimum absolute atomic E-state index is 0.0577. The summed E-state index contributed by atoms with van der Waals surface area (Å²) in [5, 5.41) is 2.79. The Labute approximate surface area is 172 Å². The van der Waals surface area contributed by atoms with Crippen LogP contribution in [0.4, 0.5) is 13.2 Å². The summed E-state index contributed by atoms with van der Waals surface area (Å²) >= 11 is 0. The number of halogens is 3. The van der Waals surface area contributed by atoms with E-state index in [1.54, 1.807) is 19.1 Å². The van der Waals surface area contributed by atoms with E-state index >= 15 is 0 Å². The van der Waals surface area contributed by atoms with Crippen LogP contribution in [0.3, 0.4) is 0 Å². The van der Waals surface area contributed by atoms with Crippen molar-refractivity contribution in [3.8, 4) is 5.88 Å². The van der Waals surface area contributed by atoms with Gasteiger partial charge in [0, 0.05) is 42.6 Å². The number of hydrogen-bond acceptors (Lipinski definition) is 5. The van der Waals surface area contributed by atoms with Gasteiger partial charge in [-0.1, -0.05) is 19.9 Å². The number of alkyl halides is 3. The Hall–Kier alpha value is -2.97. The van der Waals surface area contributed by atoms with Gasteiger partial charge in [-0.15, -0.1) is 0 Å². The van der Waals surface area contributed by atoms with Gasteiger partial charge in [-0.05, 0) is 30.5 Å². The molecule has 0 saturated carbocycles. The molecule has 6 nitrogen and oxygen atoms in total. The van der Waals surface area contributed by atoms with Gasteiger partial charge in [-0.3, -0.25) is 14.6 Å². The highest BCUT2D eigenvalue weighted by atomic mass is 19.4. The van der Waals surface area contributed by atoms with Crippen LogP contribution in [0, 0.1) is 5.92 Å². The summed E-state index contributed by atoms with van der Waals surface area (Å²) in [4.78, 5) is 32.5. The second-order valence-corrected chi connectivity index (χ2v) is 7.38. The Morgan fingerprint density at radius 2 is 1.87 bits per heavy atom. The van der Waals surface area contributed by atoms with E-state index in [1.165, 1.54) is 24.5 Å². The van der Waals surface area contributed by atoms with Crippen LogP contribution < -0.4 is 10.1 Å². The van der Waals surface area contributed by atoms with Gasteiger partial charge in [0.1, 0.15) is 5.78 Å². The Morgan fingerprint density at radius 1 is 1.13 bits per heavy atom. The van der Waals surface area contributed by atoms with Crippen molar-refractivity contribution in [2.45, 2.75) is 45.8 Å². The molecule has 0 spiro atoms. The average Bonchev–Trinajstić information content (AvgIpc) is 2.65. The number of rotatable bonds is 9. The van der Waals surface area contributed by atoms with Crippen LogP contribution in [0.2, 0.25) is 0 Å². The van der Waals surface area contributed by atoms with Crippen molar-refractivity contribution < 1.29 is 27.5 Å². The van der Waals surface area contributed by atoms with E-state index in [0.29, 0.717) is 23.2 Å². The molecule has 1 unspecified atom stereocenters. The lowest BCUT2D eigenvalue weighted by molar-refractivity contribution is -0.154. The van der Waals surface area contributed by atoms with Crippen molar-refractivity contribution in [1.29, 1.82) is 0 Å². The number of carbonyl (C=O) groups excluding carboxylic acids is 2. The van der Waals surface area contributed by atoms with E-state index in [9.17, 15) is 22.8 Å². The van der Waals surface area contributed by atoms with Crippen LogP contribution in [-0.4, -0.2) is 34.4 Å². The molecular formula is C21H24F3N3O3. The maximum atomic E-state index is 12.5. The largest absolute Gasteiger partial charge is 0.468 e. The van der Waals surface area contributed by atoms with Gasteiger partial charge >= 0.3 is 6.18 Å². The second kappa shape index (κ2) is 10.2. The maximum absolute atomic E-state index is 12.5. The van der Waals surface area contributed by atoms with E-state index in [0.717, 1.165) is 0 Å². The third kappa shape index (κ3) is 7.81. The van der Waals surface area contributed by atoms with Gasteiger partial charge in [-0.25, -0.2) is 4.98 Å². The SMILES string of the molecule is CC(C)CC(=O)Cc1cc(C(=O)NC(C)c2ccc(OCC(F)(F)F)nc2)ccn1. The molecule has 1 amide bonds. The fourth-order valence-corrected chi connectivity index (χ4v) is 2.70. The quantitative estimate of drug-likeness (QED) is 0.658. The fourth-order valence-electron chi connectivity index (χ4n) is 2.70. The number of nitrogens with zero attached hydrogens (tertiary/aromatic N) is 2. The van der Waals surface area contributed by atoms with Crippen molar-refractivity contribution in [1.82, 2.24) is 15.3 Å². The normalized spacial score (nSPS) is 12.5. The van der Waals surface area contributed by atoms with Crippen LogP contribution in [-0.2, 0) is 11.2 Å².